The average molecular weight is 488 g/mol. The summed E-state index contributed by atoms with van der Waals surface area (Å²) in [6.45, 7) is 7.41. The Balaban J connectivity index is 1.19. The molecular formula is C33H45NO2. The molecule has 2 aliphatic heterocycles. The van der Waals surface area contributed by atoms with Gasteiger partial charge in [-0.1, -0.05) is 83.4 Å². The summed E-state index contributed by atoms with van der Waals surface area (Å²) in [6, 6.07) is 14.6. The first-order valence-corrected chi connectivity index (χ1v) is 14.8. The zero-order chi connectivity index (χ0) is 24.5. The second kappa shape index (κ2) is 10.4. The molecule has 194 valence electrons. The van der Waals surface area contributed by atoms with E-state index < -0.39 is 0 Å². The Morgan fingerprint density at radius 2 is 1.39 bits per heavy atom. The number of hydrogen-bond donors (Lipinski definition) is 0. The molecule has 0 amide bonds. The quantitative estimate of drug-likeness (QED) is 0.426. The van der Waals surface area contributed by atoms with E-state index in [4.69, 9.17) is 9.47 Å². The molecule has 2 fully saturated rings. The lowest BCUT2D eigenvalue weighted by molar-refractivity contribution is 0.0402. The van der Waals surface area contributed by atoms with E-state index in [0.29, 0.717) is 12.0 Å². The average Bonchev–Trinajstić information content (AvgIpc) is 2.93. The monoisotopic (exact) mass is 487 g/mol. The minimum atomic E-state index is -0.0620. The van der Waals surface area contributed by atoms with Crippen LogP contribution < -0.4 is 9.47 Å². The minimum absolute atomic E-state index is 0.0620. The molecule has 6 rings (SSSR count). The van der Waals surface area contributed by atoms with Gasteiger partial charge < -0.3 is 9.47 Å². The Morgan fingerprint density at radius 3 is 2.11 bits per heavy atom. The molecule has 36 heavy (non-hydrogen) atoms. The molecule has 0 radical (unpaired) electrons. The number of rotatable bonds is 5. The predicted octanol–water partition coefficient (Wildman–Crippen LogP) is 8.02. The zero-order valence-corrected chi connectivity index (χ0v) is 22.6. The van der Waals surface area contributed by atoms with Crippen LogP contribution >= 0.6 is 0 Å². The normalized spacial score (nSPS) is 23.9. The van der Waals surface area contributed by atoms with Crippen LogP contribution in [0.15, 0.2) is 36.4 Å². The first-order valence-electron chi connectivity index (χ1n) is 14.8. The Kier molecular flexibility index (Phi) is 7.03. The molecule has 0 spiro atoms. The maximum atomic E-state index is 6.27. The maximum Gasteiger partial charge on any atom is 0.142 e. The smallest absolute Gasteiger partial charge is 0.142 e. The fourth-order valence-corrected chi connectivity index (χ4v) is 7.39. The van der Waals surface area contributed by atoms with Gasteiger partial charge in [0.15, 0.2) is 0 Å². The molecule has 0 bridgehead atoms. The zero-order valence-electron chi connectivity index (χ0n) is 22.6. The van der Waals surface area contributed by atoms with Crippen molar-refractivity contribution in [2.24, 2.45) is 11.8 Å². The lowest BCUT2D eigenvalue weighted by Crippen LogP contribution is -2.41. The van der Waals surface area contributed by atoms with E-state index in [2.05, 4.69) is 55.1 Å². The van der Waals surface area contributed by atoms with Gasteiger partial charge in [0.1, 0.15) is 18.2 Å². The van der Waals surface area contributed by atoms with Gasteiger partial charge in [-0.2, -0.15) is 0 Å². The van der Waals surface area contributed by atoms with Gasteiger partial charge in [-0.25, -0.2) is 0 Å². The maximum absolute atomic E-state index is 6.27. The molecule has 1 unspecified atom stereocenters. The summed E-state index contributed by atoms with van der Waals surface area (Å²) in [4.78, 5) is 2.57. The summed E-state index contributed by atoms with van der Waals surface area (Å²) < 4.78 is 12.5. The molecule has 0 saturated heterocycles. The highest BCUT2D eigenvalue weighted by molar-refractivity contribution is 5.48. The van der Waals surface area contributed by atoms with E-state index in [1.165, 1.54) is 99.3 Å². The van der Waals surface area contributed by atoms with Crippen molar-refractivity contribution in [3.63, 3.8) is 0 Å². The van der Waals surface area contributed by atoms with Crippen molar-refractivity contribution >= 4 is 0 Å². The molecule has 3 heteroatoms. The summed E-state index contributed by atoms with van der Waals surface area (Å²) in [6.07, 6.45) is 16.4. The van der Waals surface area contributed by atoms with Gasteiger partial charge in [-0.3, -0.25) is 4.90 Å². The number of benzene rings is 2. The molecule has 2 heterocycles. The van der Waals surface area contributed by atoms with Gasteiger partial charge in [0.2, 0.25) is 0 Å². The van der Waals surface area contributed by atoms with Crippen molar-refractivity contribution in [1.29, 1.82) is 0 Å². The Bertz CT molecular complexity index is 1050. The van der Waals surface area contributed by atoms with Crippen LogP contribution in [0, 0.1) is 11.8 Å². The fourth-order valence-electron chi connectivity index (χ4n) is 7.39. The Morgan fingerprint density at radius 1 is 0.750 bits per heavy atom. The largest absolute Gasteiger partial charge is 0.493 e. The van der Waals surface area contributed by atoms with Gasteiger partial charge >= 0.3 is 0 Å². The number of nitrogens with zero attached hydrogens (tertiary/aromatic N) is 1. The van der Waals surface area contributed by atoms with Crippen molar-refractivity contribution in [2.45, 2.75) is 109 Å². The molecule has 3 nitrogen and oxygen atoms in total. The summed E-state index contributed by atoms with van der Waals surface area (Å²) >= 11 is 0. The van der Waals surface area contributed by atoms with Crippen LogP contribution in [0.2, 0.25) is 0 Å². The van der Waals surface area contributed by atoms with Crippen LogP contribution in [0.5, 0.6) is 11.5 Å². The standard InChI is InChI=1S/C33H45NO2/c1-33(2,29-14-16-32-27(20-29)21-34(23-36-32)30-11-7-4-8-12-30)28-13-15-31-26(19-28)18-25(22-35-31)17-24-9-5-3-6-10-24/h13-16,19-20,24-25,30H,3-12,17-18,21-23H2,1-2H3. The third-order valence-electron chi connectivity index (χ3n) is 9.79. The predicted molar refractivity (Wildman–Crippen MR) is 147 cm³/mol. The van der Waals surface area contributed by atoms with Crippen LogP contribution in [-0.4, -0.2) is 24.3 Å². The molecule has 2 aliphatic carbocycles. The molecule has 1 atom stereocenters. The van der Waals surface area contributed by atoms with E-state index in [-0.39, 0.29) is 5.41 Å². The van der Waals surface area contributed by atoms with Gasteiger partial charge in [-0.05, 0) is 72.4 Å². The van der Waals surface area contributed by atoms with E-state index in [0.717, 1.165) is 37.3 Å². The van der Waals surface area contributed by atoms with Crippen LogP contribution in [0.3, 0.4) is 0 Å². The second-order valence-electron chi connectivity index (χ2n) is 12.7. The Labute approximate surface area is 218 Å². The van der Waals surface area contributed by atoms with Crippen molar-refractivity contribution in [2.75, 3.05) is 13.3 Å². The summed E-state index contributed by atoms with van der Waals surface area (Å²) in [5.74, 6) is 3.77. The summed E-state index contributed by atoms with van der Waals surface area (Å²) in [5.41, 5.74) is 5.48. The lowest BCUT2D eigenvalue weighted by atomic mass is 9.76. The molecule has 0 N–H and O–H groups in total. The van der Waals surface area contributed by atoms with Crippen molar-refractivity contribution in [1.82, 2.24) is 4.90 Å². The molecule has 0 aromatic heterocycles. The van der Waals surface area contributed by atoms with Crippen LogP contribution in [0.4, 0.5) is 0 Å². The fraction of sp³-hybridized carbons (Fsp3) is 0.636. The number of ether oxygens (including phenoxy) is 2. The van der Waals surface area contributed by atoms with Crippen LogP contribution in [0.25, 0.3) is 0 Å². The lowest BCUT2D eigenvalue weighted by Gasteiger charge is -2.38. The first-order chi connectivity index (χ1) is 17.6. The van der Waals surface area contributed by atoms with Gasteiger partial charge in [-0.15, -0.1) is 0 Å². The van der Waals surface area contributed by atoms with Gasteiger partial charge in [0, 0.05) is 23.6 Å². The van der Waals surface area contributed by atoms with Crippen LogP contribution in [-0.2, 0) is 18.4 Å². The van der Waals surface area contributed by atoms with E-state index in [1.807, 2.05) is 0 Å². The highest BCUT2D eigenvalue weighted by Crippen LogP contribution is 2.40. The van der Waals surface area contributed by atoms with Crippen molar-refractivity contribution in [3.8, 4) is 11.5 Å². The molecule has 2 aromatic carbocycles. The SMILES string of the molecule is CC(C)(c1ccc2c(c1)CC(CC1CCCCC1)CO2)c1ccc2c(c1)CN(C1CCCCC1)CO2. The molecule has 2 aromatic rings. The molecule has 2 saturated carbocycles. The van der Waals surface area contributed by atoms with Gasteiger partial charge in [0.25, 0.3) is 0 Å². The third kappa shape index (κ3) is 5.05. The van der Waals surface area contributed by atoms with E-state index >= 15 is 0 Å². The highest BCUT2D eigenvalue weighted by atomic mass is 16.5. The number of hydrogen-bond acceptors (Lipinski definition) is 3. The van der Waals surface area contributed by atoms with Gasteiger partial charge in [0.05, 0.1) is 6.61 Å². The Hall–Kier alpha value is -2.00. The second-order valence-corrected chi connectivity index (χ2v) is 12.7. The third-order valence-corrected chi connectivity index (χ3v) is 9.79. The first kappa shape index (κ1) is 24.3. The van der Waals surface area contributed by atoms with E-state index in [1.54, 1.807) is 0 Å². The summed E-state index contributed by atoms with van der Waals surface area (Å²) in [7, 11) is 0. The molecular weight excluding hydrogens is 442 g/mol. The van der Waals surface area contributed by atoms with Crippen molar-refractivity contribution in [3.05, 3.63) is 58.7 Å². The summed E-state index contributed by atoms with van der Waals surface area (Å²) in [5, 5.41) is 0. The van der Waals surface area contributed by atoms with Crippen molar-refractivity contribution < 1.29 is 9.47 Å². The topological polar surface area (TPSA) is 21.7 Å². The minimum Gasteiger partial charge on any atom is -0.493 e. The highest BCUT2D eigenvalue weighted by Gasteiger charge is 2.31. The molecule has 4 aliphatic rings. The van der Waals surface area contributed by atoms with E-state index in [9.17, 15) is 0 Å². The number of fused-ring (bicyclic) bond motifs is 2. The van der Waals surface area contributed by atoms with Crippen LogP contribution in [0.1, 0.15) is 107 Å².